The molecule has 0 radical (unpaired) electrons. The first-order valence-corrected chi connectivity index (χ1v) is 5.43. The fraction of sp³-hybridized carbons (Fsp3) is 1.00. The Hall–Kier alpha value is -0.0400. The van der Waals surface area contributed by atoms with Crippen LogP contribution in [0, 0.1) is 11.8 Å². The van der Waals surface area contributed by atoms with Crippen LogP contribution in [0.3, 0.4) is 0 Å². The van der Waals surface area contributed by atoms with E-state index in [1.165, 1.54) is 25.9 Å². The van der Waals surface area contributed by atoms with E-state index >= 15 is 0 Å². The van der Waals surface area contributed by atoms with E-state index < -0.39 is 0 Å². The molecule has 72 valence electrons. The molecule has 0 N–H and O–H groups in total. The molecule has 0 aromatic heterocycles. The lowest BCUT2D eigenvalue weighted by Gasteiger charge is -2.41. The van der Waals surface area contributed by atoms with Crippen LogP contribution in [0.5, 0.6) is 0 Å². The van der Waals surface area contributed by atoms with Gasteiger partial charge in [-0.3, -0.25) is 0 Å². The molecule has 0 aromatic carbocycles. The summed E-state index contributed by atoms with van der Waals surface area (Å²) >= 11 is 0. The van der Waals surface area contributed by atoms with E-state index in [0.29, 0.717) is 0 Å². The summed E-state index contributed by atoms with van der Waals surface area (Å²) < 4.78 is 0. The molecule has 0 spiro atoms. The van der Waals surface area contributed by atoms with Crippen LogP contribution in [0.4, 0.5) is 0 Å². The second-order valence-electron chi connectivity index (χ2n) is 4.34. The molecule has 0 amide bonds. The average molecular weight is 169 g/mol. The Morgan fingerprint density at radius 3 is 2.33 bits per heavy atom. The number of piperidine rings is 1. The minimum Gasteiger partial charge on any atom is -0.300 e. The Kier molecular flexibility index (Phi) is 3.57. The van der Waals surface area contributed by atoms with Crippen molar-refractivity contribution in [3.8, 4) is 0 Å². The van der Waals surface area contributed by atoms with E-state index in [4.69, 9.17) is 0 Å². The van der Waals surface area contributed by atoms with Gasteiger partial charge in [0.25, 0.3) is 0 Å². The number of hydrogen-bond acceptors (Lipinski definition) is 1. The van der Waals surface area contributed by atoms with E-state index in [-0.39, 0.29) is 0 Å². The zero-order valence-electron chi connectivity index (χ0n) is 9.01. The molecule has 3 unspecified atom stereocenters. The van der Waals surface area contributed by atoms with Crippen LogP contribution in [0.2, 0.25) is 0 Å². The maximum Gasteiger partial charge on any atom is 0.00952 e. The van der Waals surface area contributed by atoms with E-state index in [9.17, 15) is 0 Å². The zero-order chi connectivity index (χ0) is 9.14. The van der Waals surface area contributed by atoms with Crippen molar-refractivity contribution in [3.63, 3.8) is 0 Å². The first-order valence-electron chi connectivity index (χ1n) is 5.43. The van der Waals surface area contributed by atoms with Crippen LogP contribution >= 0.6 is 0 Å². The zero-order valence-corrected chi connectivity index (χ0v) is 9.01. The Bertz CT molecular complexity index is 117. The lowest BCUT2D eigenvalue weighted by Crippen LogP contribution is -2.45. The third kappa shape index (κ3) is 2.01. The molecule has 0 bridgehead atoms. The van der Waals surface area contributed by atoms with Crippen molar-refractivity contribution < 1.29 is 0 Å². The molecule has 1 aliphatic rings. The van der Waals surface area contributed by atoms with Gasteiger partial charge in [0.15, 0.2) is 0 Å². The van der Waals surface area contributed by atoms with Crippen LogP contribution < -0.4 is 0 Å². The quantitative estimate of drug-likeness (QED) is 0.614. The summed E-state index contributed by atoms with van der Waals surface area (Å²) in [7, 11) is 0. The summed E-state index contributed by atoms with van der Waals surface area (Å²) in [6, 6.07) is 0.862. The number of rotatable bonds is 2. The first kappa shape index (κ1) is 10.0. The third-order valence-electron chi connectivity index (χ3n) is 3.53. The highest BCUT2D eigenvalue weighted by Gasteiger charge is 2.28. The molecule has 12 heavy (non-hydrogen) atoms. The second-order valence-corrected chi connectivity index (χ2v) is 4.34. The van der Waals surface area contributed by atoms with Gasteiger partial charge in [0.2, 0.25) is 0 Å². The molecular weight excluding hydrogens is 146 g/mol. The van der Waals surface area contributed by atoms with Crippen molar-refractivity contribution in [1.29, 1.82) is 0 Å². The Balaban J connectivity index is 2.52. The molecule has 1 fully saturated rings. The van der Waals surface area contributed by atoms with Crippen molar-refractivity contribution in [3.05, 3.63) is 0 Å². The molecule has 0 aliphatic carbocycles. The highest BCUT2D eigenvalue weighted by Crippen LogP contribution is 2.28. The summed E-state index contributed by atoms with van der Waals surface area (Å²) in [4.78, 5) is 2.64. The number of likely N-dealkylation sites (tertiary alicyclic amines) is 1. The smallest absolute Gasteiger partial charge is 0.00952 e. The second kappa shape index (κ2) is 4.27. The van der Waals surface area contributed by atoms with Crippen molar-refractivity contribution >= 4 is 0 Å². The monoisotopic (exact) mass is 169 g/mol. The van der Waals surface area contributed by atoms with Gasteiger partial charge in [-0.1, -0.05) is 27.7 Å². The summed E-state index contributed by atoms with van der Waals surface area (Å²) in [6.45, 7) is 11.9. The van der Waals surface area contributed by atoms with Crippen molar-refractivity contribution in [2.24, 2.45) is 11.8 Å². The third-order valence-corrected chi connectivity index (χ3v) is 3.53. The van der Waals surface area contributed by atoms with Crippen molar-refractivity contribution in [2.75, 3.05) is 13.1 Å². The van der Waals surface area contributed by atoms with Gasteiger partial charge >= 0.3 is 0 Å². The van der Waals surface area contributed by atoms with Crippen LogP contribution in [0.25, 0.3) is 0 Å². The van der Waals surface area contributed by atoms with E-state index in [1.54, 1.807) is 0 Å². The number of nitrogens with zero attached hydrogens (tertiary/aromatic N) is 1. The van der Waals surface area contributed by atoms with Gasteiger partial charge in [0.1, 0.15) is 0 Å². The fourth-order valence-electron chi connectivity index (χ4n) is 2.32. The topological polar surface area (TPSA) is 3.24 Å². The van der Waals surface area contributed by atoms with Gasteiger partial charge in [-0.2, -0.15) is 0 Å². The highest BCUT2D eigenvalue weighted by molar-refractivity contribution is 4.82. The Morgan fingerprint density at radius 1 is 1.17 bits per heavy atom. The molecule has 1 aliphatic heterocycles. The maximum absolute atomic E-state index is 2.64. The van der Waals surface area contributed by atoms with E-state index in [1.807, 2.05) is 0 Å². The molecule has 1 heteroatoms. The molecular formula is C11H23N. The van der Waals surface area contributed by atoms with Crippen molar-refractivity contribution in [1.82, 2.24) is 4.90 Å². The highest BCUT2D eigenvalue weighted by atomic mass is 15.2. The molecule has 0 aromatic rings. The van der Waals surface area contributed by atoms with E-state index in [2.05, 4.69) is 32.6 Å². The summed E-state index contributed by atoms with van der Waals surface area (Å²) in [5, 5.41) is 0. The largest absolute Gasteiger partial charge is 0.300 e. The molecule has 3 atom stereocenters. The first-order chi connectivity index (χ1) is 5.69. The van der Waals surface area contributed by atoms with Gasteiger partial charge < -0.3 is 4.90 Å². The Morgan fingerprint density at radius 2 is 1.83 bits per heavy atom. The van der Waals surface area contributed by atoms with Gasteiger partial charge in [0.05, 0.1) is 0 Å². The molecule has 1 heterocycles. The standard InChI is InChI=1S/C11H23N/c1-5-11-7-9(3)10(4)8-12(11)6-2/h9-11H,5-8H2,1-4H3. The van der Waals surface area contributed by atoms with Crippen molar-refractivity contribution in [2.45, 2.75) is 46.6 Å². The normalized spacial score (nSPS) is 38.5. The summed E-state index contributed by atoms with van der Waals surface area (Å²) in [6.07, 6.45) is 2.73. The SMILES string of the molecule is CCC1CC(C)C(C)CN1CC. The van der Waals surface area contributed by atoms with E-state index in [0.717, 1.165) is 17.9 Å². The number of hydrogen-bond donors (Lipinski definition) is 0. The van der Waals surface area contributed by atoms with Crippen LogP contribution in [-0.4, -0.2) is 24.0 Å². The predicted molar refractivity (Wildman–Crippen MR) is 54.3 cm³/mol. The summed E-state index contributed by atoms with van der Waals surface area (Å²) in [5.74, 6) is 1.82. The van der Waals surface area contributed by atoms with Crippen LogP contribution in [-0.2, 0) is 0 Å². The van der Waals surface area contributed by atoms with Gasteiger partial charge in [-0.25, -0.2) is 0 Å². The predicted octanol–water partition coefficient (Wildman–Crippen LogP) is 2.76. The van der Waals surface area contributed by atoms with Gasteiger partial charge in [-0.05, 0) is 31.2 Å². The fourth-order valence-corrected chi connectivity index (χ4v) is 2.32. The molecule has 1 nitrogen and oxygen atoms in total. The summed E-state index contributed by atoms with van der Waals surface area (Å²) in [5.41, 5.74) is 0. The van der Waals surface area contributed by atoms with Gasteiger partial charge in [0, 0.05) is 12.6 Å². The minimum atomic E-state index is 0.862. The Labute approximate surface area is 77.1 Å². The minimum absolute atomic E-state index is 0.862. The van der Waals surface area contributed by atoms with Gasteiger partial charge in [-0.15, -0.1) is 0 Å². The maximum atomic E-state index is 2.64. The van der Waals surface area contributed by atoms with Crippen LogP contribution in [0.15, 0.2) is 0 Å². The van der Waals surface area contributed by atoms with Crippen LogP contribution in [0.1, 0.15) is 40.5 Å². The molecule has 1 saturated heterocycles. The average Bonchev–Trinajstić information content (AvgIpc) is 2.09. The molecule has 1 rings (SSSR count). The lowest BCUT2D eigenvalue weighted by atomic mass is 9.83. The molecule has 0 saturated carbocycles. The lowest BCUT2D eigenvalue weighted by molar-refractivity contribution is 0.0791.